The highest BCUT2D eigenvalue weighted by molar-refractivity contribution is 9.09. The lowest BCUT2D eigenvalue weighted by Gasteiger charge is -2.29. The van der Waals surface area contributed by atoms with Crippen LogP contribution in [0.5, 0.6) is 0 Å². The second-order valence-electron chi connectivity index (χ2n) is 5.09. The molecule has 1 N–H and O–H groups in total. The second kappa shape index (κ2) is 8.48. The molecule has 0 spiro atoms. The van der Waals surface area contributed by atoms with E-state index in [2.05, 4.69) is 27.8 Å². The van der Waals surface area contributed by atoms with Gasteiger partial charge in [-0.25, -0.2) is 0 Å². The maximum Gasteiger partial charge on any atom is 0.0586 e. The molecule has 0 saturated carbocycles. The first-order valence-corrected chi connectivity index (χ1v) is 7.81. The van der Waals surface area contributed by atoms with E-state index < -0.39 is 0 Å². The summed E-state index contributed by atoms with van der Waals surface area (Å²) >= 11 is 3.50. The Morgan fingerprint density at radius 2 is 2.12 bits per heavy atom. The van der Waals surface area contributed by atoms with Crippen molar-refractivity contribution in [3.63, 3.8) is 0 Å². The third-order valence-electron chi connectivity index (χ3n) is 3.72. The van der Waals surface area contributed by atoms with Crippen molar-refractivity contribution in [2.24, 2.45) is 5.92 Å². The Kier molecular flexibility index (Phi) is 7.67. The van der Waals surface area contributed by atoms with E-state index in [0.29, 0.717) is 12.6 Å². The van der Waals surface area contributed by atoms with E-state index in [4.69, 9.17) is 0 Å². The van der Waals surface area contributed by atoms with Gasteiger partial charge in [0.2, 0.25) is 0 Å². The zero-order valence-electron chi connectivity index (χ0n) is 10.5. The molecule has 0 amide bonds. The maximum absolute atomic E-state index is 9.41. The van der Waals surface area contributed by atoms with E-state index in [1.54, 1.807) is 0 Å². The van der Waals surface area contributed by atoms with Gasteiger partial charge in [-0.3, -0.25) is 4.90 Å². The van der Waals surface area contributed by atoms with E-state index >= 15 is 0 Å². The molecule has 1 aliphatic rings. The Balaban J connectivity index is 2.30. The Hall–Kier alpha value is 0.400. The molecule has 0 radical (unpaired) electrons. The highest BCUT2D eigenvalue weighted by Gasteiger charge is 2.20. The van der Waals surface area contributed by atoms with Crippen molar-refractivity contribution in [1.29, 1.82) is 0 Å². The lowest BCUT2D eigenvalue weighted by Crippen LogP contribution is -2.38. The molecule has 0 aromatic carbocycles. The third-order valence-corrected chi connectivity index (χ3v) is 4.18. The van der Waals surface area contributed by atoms with Crippen LogP contribution in [0.1, 0.15) is 45.4 Å². The summed E-state index contributed by atoms with van der Waals surface area (Å²) in [7, 11) is 0. The maximum atomic E-state index is 9.41. The van der Waals surface area contributed by atoms with Crippen LogP contribution in [-0.4, -0.2) is 41.1 Å². The number of aliphatic hydroxyl groups excluding tert-OH is 1. The molecule has 16 heavy (non-hydrogen) atoms. The minimum Gasteiger partial charge on any atom is -0.395 e. The van der Waals surface area contributed by atoms with Crippen molar-refractivity contribution in [3.05, 3.63) is 0 Å². The summed E-state index contributed by atoms with van der Waals surface area (Å²) in [4.78, 5) is 2.51. The summed E-state index contributed by atoms with van der Waals surface area (Å²) in [5, 5.41) is 10.5. The molecule has 0 aromatic rings. The second-order valence-corrected chi connectivity index (χ2v) is 5.89. The normalized spacial score (nSPS) is 25.3. The number of nitrogens with zero attached hydrogens (tertiary/aromatic N) is 1. The first kappa shape index (κ1) is 14.5. The van der Waals surface area contributed by atoms with E-state index in [1.165, 1.54) is 51.6 Å². The molecule has 1 heterocycles. The summed E-state index contributed by atoms with van der Waals surface area (Å²) in [6.45, 7) is 5.02. The standard InChI is InChI=1S/C13H26BrNO/c1-12(6-8-14)7-10-15-9-4-2-3-5-13(15)11-16/h12-13,16H,2-11H2,1H3. The van der Waals surface area contributed by atoms with Gasteiger partial charge in [-0.15, -0.1) is 0 Å². The Morgan fingerprint density at radius 1 is 1.31 bits per heavy atom. The summed E-state index contributed by atoms with van der Waals surface area (Å²) in [5.74, 6) is 0.793. The Bertz CT molecular complexity index is 177. The Morgan fingerprint density at radius 3 is 2.81 bits per heavy atom. The first-order valence-electron chi connectivity index (χ1n) is 6.68. The van der Waals surface area contributed by atoms with Crippen LogP contribution in [0.15, 0.2) is 0 Å². The van der Waals surface area contributed by atoms with E-state index in [9.17, 15) is 5.11 Å². The summed E-state index contributed by atoms with van der Waals surface area (Å²) < 4.78 is 0. The number of alkyl halides is 1. The lowest BCUT2D eigenvalue weighted by atomic mass is 10.0. The van der Waals surface area contributed by atoms with E-state index in [0.717, 1.165) is 11.2 Å². The highest BCUT2D eigenvalue weighted by atomic mass is 79.9. The molecule has 3 heteroatoms. The summed E-state index contributed by atoms with van der Waals surface area (Å²) in [5.41, 5.74) is 0. The average molecular weight is 292 g/mol. The predicted molar refractivity (Wildman–Crippen MR) is 73.1 cm³/mol. The third kappa shape index (κ3) is 5.15. The monoisotopic (exact) mass is 291 g/mol. The van der Waals surface area contributed by atoms with Crippen LogP contribution in [-0.2, 0) is 0 Å². The number of halogens is 1. The van der Waals surface area contributed by atoms with Crippen molar-refractivity contribution in [2.45, 2.75) is 51.5 Å². The van der Waals surface area contributed by atoms with Crippen molar-refractivity contribution in [2.75, 3.05) is 25.0 Å². The number of rotatable bonds is 6. The molecule has 1 aliphatic heterocycles. The molecule has 1 saturated heterocycles. The minimum absolute atomic E-state index is 0.340. The first-order chi connectivity index (χ1) is 7.77. The van der Waals surface area contributed by atoms with Gasteiger partial charge in [-0.1, -0.05) is 35.7 Å². The lowest BCUT2D eigenvalue weighted by molar-refractivity contribution is 0.119. The van der Waals surface area contributed by atoms with E-state index in [1.807, 2.05) is 0 Å². The van der Waals surface area contributed by atoms with Gasteiger partial charge in [-0.2, -0.15) is 0 Å². The van der Waals surface area contributed by atoms with Crippen molar-refractivity contribution in [3.8, 4) is 0 Å². The molecule has 96 valence electrons. The fourth-order valence-electron chi connectivity index (χ4n) is 2.45. The summed E-state index contributed by atoms with van der Waals surface area (Å²) in [6, 6.07) is 0.429. The summed E-state index contributed by atoms with van der Waals surface area (Å²) in [6.07, 6.45) is 7.65. The van der Waals surface area contributed by atoms with Crippen molar-refractivity contribution >= 4 is 15.9 Å². The van der Waals surface area contributed by atoms with Crippen LogP contribution in [0.25, 0.3) is 0 Å². The fraction of sp³-hybridized carbons (Fsp3) is 1.00. The molecule has 2 atom stereocenters. The van der Waals surface area contributed by atoms with Gasteiger partial charge in [0.05, 0.1) is 6.61 Å². The molecule has 0 bridgehead atoms. The van der Waals surface area contributed by atoms with Crippen LogP contribution >= 0.6 is 15.9 Å². The van der Waals surface area contributed by atoms with Gasteiger partial charge in [0.25, 0.3) is 0 Å². The molecular weight excluding hydrogens is 266 g/mol. The van der Waals surface area contributed by atoms with Crippen LogP contribution in [0.2, 0.25) is 0 Å². The molecule has 1 fully saturated rings. The Labute approximate surface area is 109 Å². The number of aliphatic hydroxyl groups is 1. The molecular formula is C13H26BrNO. The number of likely N-dealkylation sites (tertiary alicyclic amines) is 1. The van der Waals surface area contributed by atoms with Crippen LogP contribution in [0.4, 0.5) is 0 Å². The predicted octanol–water partition coefficient (Wildman–Crippen LogP) is 3.03. The largest absolute Gasteiger partial charge is 0.395 e. The fourth-order valence-corrected chi connectivity index (χ4v) is 3.24. The molecule has 2 unspecified atom stereocenters. The zero-order valence-corrected chi connectivity index (χ0v) is 12.1. The van der Waals surface area contributed by atoms with Gasteiger partial charge in [0.1, 0.15) is 0 Å². The number of hydrogen-bond acceptors (Lipinski definition) is 2. The topological polar surface area (TPSA) is 23.5 Å². The molecule has 1 rings (SSSR count). The highest BCUT2D eigenvalue weighted by Crippen LogP contribution is 2.18. The quantitative estimate of drug-likeness (QED) is 0.761. The van der Waals surface area contributed by atoms with Gasteiger partial charge < -0.3 is 5.11 Å². The van der Waals surface area contributed by atoms with Crippen molar-refractivity contribution < 1.29 is 5.11 Å². The van der Waals surface area contributed by atoms with Crippen LogP contribution in [0, 0.1) is 5.92 Å². The SMILES string of the molecule is CC(CCBr)CCN1CCCCCC1CO. The zero-order chi connectivity index (χ0) is 11.8. The number of hydrogen-bond donors (Lipinski definition) is 1. The minimum atomic E-state index is 0.340. The molecule has 2 nitrogen and oxygen atoms in total. The van der Waals surface area contributed by atoms with Crippen molar-refractivity contribution in [1.82, 2.24) is 4.90 Å². The van der Waals surface area contributed by atoms with Gasteiger partial charge in [0, 0.05) is 11.4 Å². The average Bonchev–Trinajstić information content (AvgIpc) is 2.51. The molecule has 0 aliphatic carbocycles. The van der Waals surface area contributed by atoms with Crippen LogP contribution in [0.3, 0.4) is 0 Å². The van der Waals surface area contributed by atoms with Gasteiger partial charge >= 0.3 is 0 Å². The van der Waals surface area contributed by atoms with E-state index in [-0.39, 0.29) is 0 Å². The van der Waals surface area contributed by atoms with Crippen LogP contribution < -0.4 is 0 Å². The molecule has 0 aromatic heterocycles. The smallest absolute Gasteiger partial charge is 0.0586 e. The van der Waals surface area contributed by atoms with Gasteiger partial charge in [0.15, 0.2) is 0 Å². The van der Waals surface area contributed by atoms with Gasteiger partial charge in [-0.05, 0) is 44.7 Å².